The van der Waals surface area contributed by atoms with E-state index in [9.17, 15) is 9.18 Å². The minimum absolute atomic E-state index is 0.0197. The molecule has 0 radical (unpaired) electrons. The second kappa shape index (κ2) is 5.27. The molecule has 1 aromatic carbocycles. The zero-order valence-corrected chi connectivity index (χ0v) is 9.87. The molecular weight excluding hydrogens is 219 g/mol. The van der Waals surface area contributed by atoms with Crippen LogP contribution in [0.3, 0.4) is 0 Å². The smallest absolute Gasteiger partial charge is 0.234 e. The van der Waals surface area contributed by atoms with Crippen molar-refractivity contribution in [1.29, 1.82) is 0 Å². The Bertz CT molecular complexity index is 387. The number of halogens is 1. The van der Waals surface area contributed by atoms with Crippen molar-refractivity contribution in [3.63, 3.8) is 0 Å². The first-order chi connectivity index (χ1) is 8.15. The third-order valence-corrected chi connectivity index (χ3v) is 2.88. The highest BCUT2D eigenvalue weighted by molar-refractivity contribution is 5.78. The van der Waals surface area contributed by atoms with Crippen LogP contribution in [-0.4, -0.2) is 18.5 Å². The lowest BCUT2D eigenvalue weighted by Crippen LogP contribution is -2.36. The number of nitrogens with one attached hydrogen (secondary N) is 2. The maximum absolute atomic E-state index is 12.7. The van der Waals surface area contributed by atoms with Gasteiger partial charge in [0.15, 0.2) is 0 Å². The first-order valence-electron chi connectivity index (χ1n) is 5.93. The molecule has 1 fully saturated rings. The maximum atomic E-state index is 12.7. The Morgan fingerprint density at radius 2 is 2.06 bits per heavy atom. The second-order valence-electron chi connectivity index (χ2n) is 4.50. The number of rotatable bonds is 5. The van der Waals surface area contributed by atoms with E-state index in [0.29, 0.717) is 12.6 Å². The van der Waals surface area contributed by atoms with E-state index in [2.05, 4.69) is 10.6 Å². The molecule has 0 bridgehead atoms. The number of hydrogen-bond donors (Lipinski definition) is 2. The van der Waals surface area contributed by atoms with Crippen molar-refractivity contribution in [2.24, 2.45) is 0 Å². The van der Waals surface area contributed by atoms with Crippen molar-refractivity contribution in [3.8, 4) is 0 Å². The minimum Gasteiger partial charge on any atom is -0.348 e. The summed E-state index contributed by atoms with van der Waals surface area (Å²) in [5.74, 6) is -0.281. The van der Waals surface area contributed by atoms with Crippen LogP contribution in [0.2, 0.25) is 0 Å². The fourth-order valence-corrected chi connectivity index (χ4v) is 1.65. The van der Waals surface area contributed by atoms with Gasteiger partial charge in [-0.25, -0.2) is 4.39 Å². The molecule has 0 aliphatic heterocycles. The normalized spacial score (nSPS) is 16.6. The van der Waals surface area contributed by atoms with Crippen LogP contribution in [0.15, 0.2) is 24.3 Å². The van der Waals surface area contributed by atoms with Gasteiger partial charge in [0.1, 0.15) is 5.82 Å². The lowest BCUT2D eigenvalue weighted by atomic mass is 10.1. The molecule has 1 aromatic rings. The molecule has 17 heavy (non-hydrogen) atoms. The molecule has 1 amide bonds. The minimum atomic E-state index is -0.261. The Kier molecular flexibility index (Phi) is 3.74. The van der Waals surface area contributed by atoms with Crippen LogP contribution in [0, 0.1) is 5.82 Å². The van der Waals surface area contributed by atoms with E-state index in [1.165, 1.54) is 25.0 Å². The van der Waals surface area contributed by atoms with Crippen molar-refractivity contribution in [2.45, 2.75) is 31.8 Å². The predicted molar refractivity (Wildman–Crippen MR) is 64.0 cm³/mol. The molecular formula is C13H17FN2O. The molecule has 0 aromatic heterocycles. The Hall–Kier alpha value is -1.42. The number of carbonyl (C=O) groups is 1. The third kappa shape index (κ3) is 3.82. The Morgan fingerprint density at radius 3 is 2.65 bits per heavy atom. The van der Waals surface area contributed by atoms with E-state index in [0.717, 1.165) is 5.56 Å². The summed E-state index contributed by atoms with van der Waals surface area (Å²) in [4.78, 5) is 11.6. The van der Waals surface area contributed by atoms with Gasteiger partial charge in [-0.15, -0.1) is 0 Å². The molecule has 1 aliphatic carbocycles. The summed E-state index contributed by atoms with van der Waals surface area (Å²) in [6.07, 6.45) is 2.33. The number of carbonyl (C=O) groups excluding carboxylic acids is 1. The largest absolute Gasteiger partial charge is 0.348 e. The Balaban J connectivity index is 1.80. The van der Waals surface area contributed by atoms with Crippen LogP contribution in [0.1, 0.15) is 31.4 Å². The predicted octanol–water partition coefficient (Wildman–Crippen LogP) is 1.75. The zero-order chi connectivity index (χ0) is 12.3. The SMILES string of the molecule is C[C@@H](NC(=O)CNC1CC1)c1ccc(F)cc1. The van der Waals surface area contributed by atoms with Gasteiger partial charge in [-0.2, -0.15) is 0 Å². The average Bonchev–Trinajstić information content (AvgIpc) is 3.11. The first-order valence-corrected chi connectivity index (χ1v) is 5.93. The first kappa shape index (κ1) is 12.0. The second-order valence-corrected chi connectivity index (χ2v) is 4.50. The summed E-state index contributed by atoms with van der Waals surface area (Å²) in [6.45, 7) is 2.25. The van der Waals surface area contributed by atoms with Gasteiger partial charge in [0.25, 0.3) is 0 Å². The van der Waals surface area contributed by atoms with E-state index in [-0.39, 0.29) is 17.8 Å². The van der Waals surface area contributed by atoms with Crippen molar-refractivity contribution in [1.82, 2.24) is 10.6 Å². The highest BCUT2D eigenvalue weighted by Gasteiger charge is 2.21. The lowest BCUT2D eigenvalue weighted by molar-refractivity contribution is -0.120. The number of hydrogen-bond acceptors (Lipinski definition) is 2. The quantitative estimate of drug-likeness (QED) is 0.818. The van der Waals surface area contributed by atoms with E-state index < -0.39 is 0 Å². The summed E-state index contributed by atoms with van der Waals surface area (Å²) in [6, 6.07) is 6.62. The van der Waals surface area contributed by atoms with Crippen LogP contribution in [0.5, 0.6) is 0 Å². The standard InChI is InChI=1S/C13H17FN2O/c1-9(10-2-4-11(14)5-3-10)16-13(17)8-15-12-6-7-12/h2-5,9,12,15H,6-8H2,1H3,(H,16,17)/t9-/m1/s1. The van der Waals surface area contributed by atoms with Crippen molar-refractivity contribution in [3.05, 3.63) is 35.6 Å². The van der Waals surface area contributed by atoms with Crippen molar-refractivity contribution >= 4 is 5.91 Å². The zero-order valence-electron chi connectivity index (χ0n) is 9.87. The number of benzene rings is 1. The van der Waals surface area contributed by atoms with Crippen LogP contribution in [0.4, 0.5) is 4.39 Å². The van der Waals surface area contributed by atoms with Crippen molar-refractivity contribution in [2.75, 3.05) is 6.54 Å². The summed E-state index contributed by atoms with van der Waals surface area (Å²) >= 11 is 0. The molecule has 4 heteroatoms. The van der Waals surface area contributed by atoms with Crippen LogP contribution in [0.25, 0.3) is 0 Å². The summed E-state index contributed by atoms with van der Waals surface area (Å²) in [5, 5.41) is 6.03. The monoisotopic (exact) mass is 236 g/mol. The van der Waals surface area contributed by atoms with Gasteiger partial charge in [-0.3, -0.25) is 4.79 Å². The lowest BCUT2D eigenvalue weighted by Gasteiger charge is -2.14. The fourth-order valence-electron chi connectivity index (χ4n) is 1.65. The molecule has 1 aliphatic rings. The molecule has 0 spiro atoms. The fraction of sp³-hybridized carbons (Fsp3) is 0.462. The van der Waals surface area contributed by atoms with Gasteiger partial charge >= 0.3 is 0 Å². The van der Waals surface area contributed by atoms with Crippen LogP contribution in [-0.2, 0) is 4.79 Å². The average molecular weight is 236 g/mol. The summed E-state index contributed by atoms with van der Waals surface area (Å²) < 4.78 is 12.7. The van der Waals surface area contributed by atoms with Gasteiger partial charge in [0.2, 0.25) is 5.91 Å². The molecule has 0 unspecified atom stereocenters. The highest BCUT2D eigenvalue weighted by atomic mass is 19.1. The van der Waals surface area contributed by atoms with E-state index in [1.54, 1.807) is 12.1 Å². The molecule has 1 atom stereocenters. The highest BCUT2D eigenvalue weighted by Crippen LogP contribution is 2.18. The number of amides is 1. The third-order valence-electron chi connectivity index (χ3n) is 2.88. The van der Waals surface area contributed by atoms with E-state index >= 15 is 0 Å². The topological polar surface area (TPSA) is 41.1 Å². The van der Waals surface area contributed by atoms with Gasteiger partial charge < -0.3 is 10.6 Å². The maximum Gasteiger partial charge on any atom is 0.234 e. The van der Waals surface area contributed by atoms with E-state index in [1.807, 2.05) is 6.92 Å². The molecule has 92 valence electrons. The van der Waals surface area contributed by atoms with Crippen LogP contribution >= 0.6 is 0 Å². The molecule has 3 nitrogen and oxygen atoms in total. The Morgan fingerprint density at radius 1 is 1.41 bits per heavy atom. The molecule has 0 saturated heterocycles. The van der Waals surface area contributed by atoms with Gasteiger partial charge in [-0.05, 0) is 37.5 Å². The van der Waals surface area contributed by atoms with E-state index in [4.69, 9.17) is 0 Å². The van der Waals surface area contributed by atoms with Crippen molar-refractivity contribution < 1.29 is 9.18 Å². The Labute approximate surface area is 100 Å². The van der Waals surface area contributed by atoms with Crippen LogP contribution < -0.4 is 10.6 Å². The molecule has 1 saturated carbocycles. The van der Waals surface area contributed by atoms with Gasteiger partial charge in [0, 0.05) is 6.04 Å². The molecule has 2 N–H and O–H groups in total. The molecule has 0 heterocycles. The summed E-state index contributed by atoms with van der Waals surface area (Å²) in [5.41, 5.74) is 0.908. The van der Waals surface area contributed by atoms with Gasteiger partial charge in [0.05, 0.1) is 12.6 Å². The summed E-state index contributed by atoms with van der Waals surface area (Å²) in [7, 11) is 0. The molecule has 2 rings (SSSR count). The van der Waals surface area contributed by atoms with Gasteiger partial charge in [-0.1, -0.05) is 12.1 Å².